The van der Waals surface area contributed by atoms with E-state index in [0.717, 1.165) is 23.8 Å². The summed E-state index contributed by atoms with van der Waals surface area (Å²) in [5, 5.41) is 0. The minimum Gasteiger partial charge on any atom is -0.496 e. The molecule has 1 aliphatic heterocycles. The zero-order valence-electron chi connectivity index (χ0n) is 12.4. The smallest absolute Gasteiger partial charge is 0.123 e. The van der Waals surface area contributed by atoms with Crippen LogP contribution in [0.5, 0.6) is 5.75 Å². The number of piperidine rings is 1. The molecule has 3 nitrogen and oxygen atoms in total. The molecule has 1 heterocycles. The average Bonchev–Trinajstić information content (AvgIpc) is 2.42. The van der Waals surface area contributed by atoms with Crippen LogP contribution in [0.2, 0.25) is 0 Å². The van der Waals surface area contributed by atoms with Crippen molar-refractivity contribution in [2.24, 2.45) is 11.7 Å². The Morgan fingerprint density at radius 3 is 2.79 bits per heavy atom. The van der Waals surface area contributed by atoms with Crippen molar-refractivity contribution >= 4 is 0 Å². The zero-order chi connectivity index (χ0) is 13.8. The summed E-state index contributed by atoms with van der Waals surface area (Å²) >= 11 is 0. The van der Waals surface area contributed by atoms with Crippen LogP contribution in [0.25, 0.3) is 0 Å². The van der Waals surface area contributed by atoms with Crippen LogP contribution in [0.15, 0.2) is 18.2 Å². The largest absolute Gasteiger partial charge is 0.496 e. The van der Waals surface area contributed by atoms with E-state index < -0.39 is 0 Å². The van der Waals surface area contributed by atoms with E-state index >= 15 is 0 Å². The van der Waals surface area contributed by atoms with Gasteiger partial charge in [0.1, 0.15) is 5.75 Å². The minimum atomic E-state index is 0.531. The molecule has 2 rings (SSSR count). The summed E-state index contributed by atoms with van der Waals surface area (Å²) in [6.07, 6.45) is 2.66. The summed E-state index contributed by atoms with van der Waals surface area (Å²) in [5.74, 6) is 1.70. The van der Waals surface area contributed by atoms with Crippen molar-refractivity contribution < 1.29 is 4.74 Å². The summed E-state index contributed by atoms with van der Waals surface area (Å²) < 4.78 is 5.33. The number of nitrogens with zero attached hydrogens (tertiary/aromatic N) is 1. The van der Waals surface area contributed by atoms with Crippen molar-refractivity contribution in [3.63, 3.8) is 0 Å². The number of rotatable bonds is 4. The highest BCUT2D eigenvalue weighted by atomic mass is 16.5. The number of ether oxygens (including phenoxy) is 1. The van der Waals surface area contributed by atoms with Gasteiger partial charge in [-0.3, -0.25) is 4.90 Å². The van der Waals surface area contributed by atoms with Crippen LogP contribution in [0.1, 0.15) is 37.8 Å². The fourth-order valence-electron chi connectivity index (χ4n) is 2.92. The molecule has 0 aliphatic carbocycles. The molecule has 106 valence electrons. The molecule has 1 aromatic carbocycles. The normalized spacial score (nSPS) is 24.4. The standard InChI is InChI=1S/C16H26N2O/c1-12-4-5-13(2)18(10-12)11-14-6-7-16(19-3)15(8-14)9-17/h6-8,12-13H,4-5,9-11,17H2,1-3H3. The summed E-state index contributed by atoms with van der Waals surface area (Å²) in [4.78, 5) is 2.58. The molecule has 1 aliphatic rings. The first-order valence-corrected chi connectivity index (χ1v) is 7.24. The number of likely N-dealkylation sites (tertiary alicyclic amines) is 1. The average molecular weight is 262 g/mol. The van der Waals surface area contributed by atoms with Gasteiger partial charge in [-0.05, 0) is 43.4 Å². The first-order valence-electron chi connectivity index (χ1n) is 7.24. The van der Waals surface area contributed by atoms with E-state index in [2.05, 4.69) is 30.9 Å². The molecule has 19 heavy (non-hydrogen) atoms. The molecule has 0 spiro atoms. The SMILES string of the molecule is COc1ccc(CN2CC(C)CCC2C)cc1CN. The second kappa shape index (κ2) is 6.40. The maximum atomic E-state index is 5.78. The van der Waals surface area contributed by atoms with Crippen LogP contribution in [0.4, 0.5) is 0 Å². The molecule has 0 radical (unpaired) electrons. The van der Waals surface area contributed by atoms with Crippen LogP contribution < -0.4 is 10.5 Å². The van der Waals surface area contributed by atoms with Gasteiger partial charge >= 0.3 is 0 Å². The van der Waals surface area contributed by atoms with Gasteiger partial charge in [-0.1, -0.05) is 13.0 Å². The monoisotopic (exact) mass is 262 g/mol. The topological polar surface area (TPSA) is 38.5 Å². The number of methoxy groups -OCH3 is 1. The molecule has 0 bridgehead atoms. The highest BCUT2D eigenvalue weighted by molar-refractivity contribution is 5.37. The Morgan fingerprint density at radius 2 is 2.11 bits per heavy atom. The maximum absolute atomic E-state index is 5.78. The molecule has 3 heteroatoms. The summed E-state index contributed by atoms with van der Waals surface area (Å²) in [5.41, 5.74) is 8.21. The molecular formula is C16H26N2O. The Balaban J connectivity index is 2.09. The Bertz CT molecular complexity index is 419. The molecule has 2 unspecified atom stereocenters. The molecule has 1 fully saturated rings. The first-order chi connectivity index (χ1) is 9.13. The minimum absolute atomic E-state index is 0.531. The highest BCUT2D eigenvalue weighted by Gasteiger charge is 2.22. The lowest BCUT2D eigenvalue weighted by Crippen LogP contribution is -2.40. The highest BCUT2D eigenvalue weighted by Crippen LogP contribution is 2.25. The van der Waals surface area contributed by atoms with Gasteiger partial charge in [0, 0.05) is 31.2 Å². The van der Waals surface area contributed by atoms with Gasteiger partial charge in [-0.2, -0.15) is 0 Å². The van der Waals surface area contributed by atoms with Gasteiger partial charge in [-0.25, -0.2) is 0 Å². The molecule has 0 saturated carbocycles. The Morgan fingerprint density at radius 1 is 1.32 bits per heavy atom. The van der Waals surface area contributed by atoms with E-state index in [1.165, 1.54) is 24.9 Å². The van der Waals surface area contributed by atoms with Crippen molar-refractivity contribution in [3.05, 3.63) is 29.3 Å². The molecule has 2 N–H and O–H groups in total. The molecule has 1 aromatic rings. The van der Waals surface area contributed by atoms with Gasteiger partial charge in [0.15, 0.2) is 0 Å². The third-order valence-electron chi connectivity index (χ3n) is 4.20. The molecule has 0 aromatic heterocycles. The van der Waals surface area contributed by atoms with Crippen molar-refractivity contribution in [2.75, 3.05) is 13.7 Å². The fraction of sp³-hybridized carbons (Fsp3) is 0.625. The number of nitrogens with two attached hydrogens (primary N) is 1. The summed E-state index contributed by atoms with van der Waals surface area (Å²) in [6.45, 7) is 7.42. The molecular weight excluding hydrogens is 236 g/mol. The Hall–Kier alpha value is -1.06. The van der Waals surface area contributed by atoms with E-state index in [0.29, 0.717) is 12.6 Å². The van der Waals surface area contributed by atoms with Crippen molar-refractivity contribution in [2.45, 2.75) is 45.8 Å². The second-order valence-electron chi connectivity index (χ2n) is 5.81. The van der Waals surface area contributed by atoms with E-state index in [9.17, 15) is 0 Å². The lowest BCUT2D eigenvalue weighted by atomic mass is 9.94. The van der Waals surface area contributed by atoms with Gasteiger partial charge in [0.2, 0.25) is 0 Å². The van der Waals surface area contributed by atoms with E-state index in [-0.39, 0.29) is 0 Å². The summed E-state index contributed by atoms with van der Waals surface area (Å²) in [6, 6.07) is 7.06. The molecule has 0 amide bonds. The van der Waals surface area contributed by atoms with Crippen molar-refractivity contribution in [3.8, 4) is 5.75 Å². The van der Waals surface area contributed by atoms with Crippen molar-refractivity contribution in [1.82, 2.24) is 4.90 Å². The van der Waals surface area contributed by atoms with Gasteiger partial charge in [0.05, 0.1) is 7.11 Å². The zero-order valence-corrected chi connectivity index (χ0v) is 12.4. The maximum Gasteiger partial charge on any atom is 0.123 e. The van der Waals surface area contributed by atoms with Gasteiger partial charge < -0.3 is 10.5 Å². The van der Waals surface area contributed by atoms with Crippen molar-refractivity contribution in [1.29, 1.82) is 0 Å². The quantitative estimate of drug-likeness (QED) is 0.907. The predicted molar refractivity (Wildman–Crippen MR) is 79.2 cm³/mol. The number of hydrogen-bond donors (Lipinski definition) is 1. The predicted octanol–water partition coefficient (Wildman–Crippen LogP) is 2.77. The van der Waals surface area contributed by atoms with Gasteiger partial charge in [0.25, 0.3) is 0 Å². The third kappa shape index (κ3) is 3.48. The molecule has 2 atom stereocenters. The lowest BCUT2D eigenvalue weighted by molar-refractivity contribution is 0.117. The van der Waals surface area contributed by atoms with Gasteiger partial charge in [-0.15, -0.1) is 0 Å². The van der Waals surface area contributed by atoms with Crippen LogP contribution in [-0.4, -0.2) is 24.6 Å². The Kier molecular flexibility index (Phi) is 4.83. The third-order valence-corrected chi connectivity index (χ3v) is 4.20. The second-order valence-corrected chi connectivity index (χ2v) is 5.81. The Labute approximate surface area is 116 Å². The molecule has 1 saturated heterocycles. The van der Waals surface area contributed by atoms with E-state index in [1.54, 1.807) is 7.11 Å². The fourth-order valence-corrected chi connectivity index (χ4v) is 2.92. The lowest BCUT2D eigenvalue weighted by Gasteiger charge is -2.36. The number of benzene rings is 1. The van der Waals surface area contributed by atoms with Crippen LogP contribution >= 0.6 is 0 Å². The van der Waals surface area contributed by atoms with Crippen LogP contribution in [-0.2, 0) is 13.1 Å². The van der Waals surface area contributed by atoms with Crippen LogP contribution in [0, 0.1) is 5.92 Å². The first kappa shape index (κ1) is 14.4. The van der Waals surface area contributed by atoms with E-state index in [1.807, 2.05) is 6.07 Å². The van der Waals surface area contributed by atoms with E-state index in [4.69, 9.17) is 10.5 Å². The summed E-state index contributed by atoms with van der Waals surface area (Å²) in [7, 11) is 1.70. The van der Waals surface area contributed by atoms with Crippen LogP contribution in [0.3, 0.4) is 0 Å². The number of hydrogen-bond acceptors (Lipinski definition) is 3.